The first-order chi connectivity index (χ1) is 10.6. The van der Waals surface area contributed by atoms with Crippen LogP contribution in [0.1, 0.15) is 11.7 Å². The molecular weight excluding hydrogens is 302 g/mol. The number of rotatable bonds is 7. The summed E-state index contributed by atoms with van der Waals surface area (Å²) in [5.74, 6) is 0.217. The SMILES string of the molecule is CN1CCN(CC(O)c2ccc(NCC(O)CCl)cc2)CC1. The highest BCUT2D eigenvalue weighted by Crippen LogP contribution is 2.18. The summed E-state index contributed by atoms with van der Waals surface area (Å²) in [6.45, 7) is 5.21. The molecule has 0 aromatic heterocycles. The number of hydrogen-bond donors (Lipinski definition) is 3. The Kier molecular flexibility index (Phi) is 6.92. The molecule has 22 heavy (non-hydrogen) atoms. The molecule has 1 aliphatic heterocycles. The van der Waals surface area contributed by atoms with Crippen LogP contribution in [0.4, 0.5) is 5.69 Å². The van der Waals surface area contributed by atoms with Gasteiger partial charge in [0.15, 0.2) is 0 Å². The van der Waals surface area contributed by atoms with Crippen LogP contribution in [0.5, 0.6) is 0 Å². The van der Waals surface area contributed by atoms with Gasteiger partial charge in [0.1, 0.15) is 0 Å². The van der Waals surface area contributed by atoms with Crippen molar-refractivity contribution in [1.82, 2.24) is 9.80 Å². The zero-order chi connectivity index (χ0) is 15.9. The van der Waals surface area contributed by atoms with E-state index in [9.17, 15) is 10.2 Å². The van der Waals surface area contributed by atoms with Crippen LogP contribution in [0.25, 0.3) is 0 Å². The molecule has 1 saturated heterocycles. The van der Waals surface area contributed by atoms with Crippen molar-refractivity contribution in [2.45, 2.75) is 12.2 Å². The van der Waals surface area contributed by atoms with E-state index >= 15 is 0 Å². The molecule has 1 aliphatic rings. The molecule has 0 aliphatic carbocycles. The summed E-state index contributed by atoms with van der Waals surface area (Å²) < 4.78 is 0. The van der Waals surface area contributed by atoms with E-state index < -0.39 is 12.2 Å². The third kappa shape index (κ3) is 5.41. The van der Waals surface area contributed by atoms with Crippen molar-refractivity contribution in [3.8, 4) is 0 Å². The van der Waals surface area contributed by atoms with Crippen LogP contribution in [0, 0.1) is 0 Å². The van der Waals surface area contributed by atoms with Gasteiger partial charge in [-0.05, 0) is 24.7 Å². The van der Waals surface area contributed by atoms with Gasteiger partial charge in [-0.1, -0.05) is 12.1 Å². The number of piperazine rings is 1. The van der Waals surface area contributed by atoms with Crippen LogP contribution >= 0.6 is 11.6 Å². The minimum atomic E-state index is -0.552. The maximum Gasteiger partial charge on any atom is 0.0916 e. The Morgan fingerprint density at radius 3 is 2.36 bits per heavy atom. The number of aliphatic hydroxyl groups excluding tert-OH is 2. The zero-order valence-corrected chi connectivity index (χ0v) is 13.8. The van der Waals surface area contributed by atoms with Crippen molar-refractivity contribution in [2.75, 3.05) is 57.5 Å². The molecule has 0 spiro atoms. The molecule has 2 rings (SSSR count). The van der Waals surface area contributed by atoms with Gasteiger partial charge in [-0.2, -0.15) is 0 Å². The first-order valence-electron chi connectivity index (χ1n) is 7.75. The van der Waals surface area contributed by atoms with E-state index in [1.165, 1.54) is 0 Å². The minimum absolute atomic E-state index is 0.217. The molecule has 0 amide bonds. The topological polar surface area (TPSA) is 59.0 Å². The summed E-state index contributed by atoms with van der Waals surface area (Å²) in [6, 6.07) is 7.69. The van der Waals surface area contributed by atoms with E-state index in [4.69, 9.17) is 11.6 Å². The second kappa shape index (κ2) is 8.70. The number of likely N-dealkylation sites (N-methyl/N-ethyl adjacent to an activating group) is 1. The van der Waals surface area contributed by atoms with Crippen LogP contribution in [0.3, 0.4) is 0 Å². The molecule has 0 radical (unpaired) electrons. The average Bonchev–Trinajstić information content (AvgIpc) is 2.55. The number of hydrogen-bond acceptors (Lipinski definition) is 5. The van der Waals surface area contributed by atoms with Crippen LogP contribution in [-0.2, 0) is 0 Å². The van der Waals surface area contributed by atoms with Crippen molar-refractivity contribution in [1.29, 1.82) is 0 Å². The van der Waals surface area contributed by atoms with Gasteiger partial charge < -0.3 is 20.4 Å². The number of benzene rings is 1. The molecule has 3 N–H and O–H groups in total. The maximum atomic E-state index is 10.4. The third-order valence-corrected chi connectivity index (χ3v) is 4.40. The summed E-state index contributed by atoms with van der Waals surface area (Å²) >= 11 is 5.56. The summed E-state index contributed by atoms with van der Waals surface area (Å²) in [4.78, 5) is 4.60. The molecule has 2 atom stereocenters. The van der Waals surface area contributed by atoms with Crippen LogP contribution in [0.15, 0.2) is 24.3 Å². The lowest BCUT2D eigenvalue weighted by atomic mass is 10.1. The number of alkyl halides is 1. The number of aliphatic hydroxyl groups is 2. The van der Waals surface area contributed by atoms with Crippen LogP contribution < -0.4 is 5.32 Å². The Morgan fingerprint density at radius 2 is 1.77 bits per heavy atom. The van der Waals surface area contributed by atoms with Crippen molar-refractivity contribution >= 4 is 17.3 Å². The normalized spacial score (nSPS) is 19.8. The first kappa shape index (κ1) is 17.5. The number of nitrogens with one attached hydrogen (secondary N) is 1. The Labute approximate surface area is 137 Å². The highest BCUT2D eigenvalue weighted by Gasteiger charge is 2.17. The van der Waals surface area contributed by atoms with Crippen molar-refractivity contribution < 1.29 is 10.2 Å². The Morgan fingerprint density at radius 1 is 1.14 bits per heavy atom. The Balaban J connectivity index is 1.81. The molecule has 0 bridgehead atoms. The summed E-state index contributed by atoms with van der Waals surface area (Å²) in [7, 11) is 2.13. The summed E-state index contributed by atoms with van der Waals surface area (Å²) in [6.07, 6.45) is -1.02. The van der Waals surface area contributed by atoms with Gasteiger partial charge in [0, 0.05) is 45.0 Å². The lowest BCUT2D eigenvalue weighted by molar-refractivity contribution is 0.0805. The molecule has 2 unspecified atom stereocenters. The first-order valence-corrected chi connectivity index (χ1v) is 8.28. The predicted molar refractivity (Wildman–Crippen MR) is 90.6 cm³/mol. The number of nitrogens with zero attached hydrogens (tertiary/aromatic N) is 2. The van der Waals surface area contributed by atoms with Gasteiger partial charge in [0.2, 0.25) is 0 Å². The second-order valence-electron chi connectivity index (χ2n) is 5.93. The van der Waals surface area contributed by atoms with Crippen molar-refractivity contribution in [3.05, 3.63) is 29.8 Å². The fourth-order valence-electron chi connectivity index (χ4n) is 2.49. The number of β-amino-alcohol motifs (C(OH)–C–C–N with tert-alkyl or cyclic N) is 1. The molecule has 1 fully saturated rings. The Hall–Kier alpha value is -0.850. The number of anilines is 1. The fraction of sp³-hybridized carbons (Fsp3) is 0.625. The van der Waals surface area contributed by atoms with Gasteiger partial charge in [0.25, 0.3) is 0 Å². The molecule has 0 saturated carbocycles. The summed E-state index contributed by atoms with van der Waals surface area (Å²) in [5.41, 5.74) is 1.84. The standard InChI is InChI=1S/C16H26ClN3O2/c1-19-6-8-20(9-7-19)12-16(22)13-2-4-14(5-3-13)18-11-15(21)10-17/h2-5,15-16,18,21-22H,6-12H2,1H3. The molecule has 124 valence electrons. The molecule has 6 heteroatoms. The molecular formula is C16H26ClN3O2. The molecule has 1 heterocycles. The van der Waals surface area contributed by atoms with Crippen LogP contribution in [0.2, 0.25) is 0 Å². The van der Waals surface area contributed by atoms with E-state index in [2.05, 4.69) is 22.2 Å². The van der Waals surface area contributed by atoms with Gasteiger partial charge in [-0.3, -0.25) is 4.90 Å². The minimum Gasteiger partial charge on any atom is -0.390 e. The van der Waals surface area contributed by atoms with Crippen LogP contribution in [-0.4, -0.2) is 78.3 Å². The van der Waals surface area contributed by atoms with E-state index in [-0.39, 0.29) is 5.88 Å². The molecule has 1 aromatic carbocycles. The zero-order valence-electron chi connectivity index (χ0n) is 13.1. The maximum absolute atomic E-state index is 10.4. The third-order valence-electron chi connectivity index (χ3n) is 4.04. The Bertz CT molecular complexity index is 436. The lowest BCUT2D eigenvalue weighted by Crippen LogP contribution is -2.45. The van der Waals surface area contributed by atoms with Gasteiger partial charge in [-0.25, -0.2) is 0 Å². The van der Waals surface area contributed by atoms with Gasteiger partial charge in [-0.15, -0.1) is 11.6 Å². The largest absolute Gasteiger partial charge is 0.390 e. The highest BCUT2D eigenvalue weighted by molar-refractivity contribution is 6.18. The van der Waals surface area contributed by atoms with E-state index in [1.54, 1.807) is 0 Å². The predicted octanol–water partition coefficient (Wildman–Crippen LogP) is 0.979. The van der Waals surface area contributed by atoms with Crippen molar-refractivity contribution in [2.24, 2.45) is 0 Å². The van der Waals surface area contributed by atoms with Gasteiger partial charge >= 0.3 is 0 Å². The highest BCUT2D eigenvalue weighted by atomic mass is 35.5. The summed E-state index contributed by atoms with van der Waals surface area (Å²) in [5, 5.41) is 22.9. The average molecular weight is 328 g/mol. The monoisotopic (exact) mass is 327 g/mol. The van der Waals surface area contributed by atoms with E-state index in [1.807, 2.05) is 24.3 Å². The number of halogens is 1. The van der Waals surface area contributed by atoms with Crippen molar-refractivity contribution in [3.63, 3.8) is 0 Å². The lowest BCUT2D eigenvalue weighted by Gasteiger charge is -2.33. The molecule has 5 nitrogen and oxygen atoms in total. The fourth-order valence-corrected chi connectivity index (χ4v) is 2.60. The molecule has 1 aromatic rings. The van der Waals surface area contributed by atoms with E-state index in [0.29, 0.717) is 13.1 Å². The smallest absolute Gasteiger partial charge is 0.0916 e. The van der Waals surface area contributed by atoms with Gasteiger partial charge in [0.05, 0.1) is 18.1 Å². The van der Waals surface area contributed by atoms with E-state index in [0.717, 1.165) is 37.4 Å². The second-order valence-corrected chi connectivity index (χ2v) is 6.24. The quantitative estimate of drug-likeness (QED) is 0.652.